The summed E-state index contributed by atoms with van der Waals surface area (Å²) in [7, 11) is 0. The molecule has 0 aromatic carbocycles. The van der Waals surface area contributed by atoms with Crippen molar-refractivity contribution >= 4 is 31.2 Å². The van der Waals surface area contributed by atoms with Gasteiger partial charge in [-0.05, 0) is 6.42 Å². The second kappa shape index (κ2) is 4.99. The van der Waals surface area contributed by atoms with Crippen molar-refractivity contribution in [2.24, 2.45) is 0 Å². The van der Waals surface area contributed by atoms with E-state index in [0.29, 0.717) is 0 Å². The Hall–Kier alpha value is 0.170. The van der Waals surface area contributed by atoms with Crippen LogP contribution in [0.2, 0.25) is 0 Å². The van der Waals surface area contributed by atoms with E-state index in [4.69, 9.17) is 4.74 Å². The molecule has 0 spiro atoms. The summed E-state index contributed by atoms with van der Waals surface area (Å²) in [6.07, 6.45) is 0.725. The van der Waals surface area contributed by atoms with Crippen LogP contribution in [0.4, 0.5) is 0 Å². The van der Waals surface area contributed by atoms with Crippen molar-refractivity contribution in [3.05, 3.63) is 0 Å². The van der Waals surface area contributed by atoms with E-state index in [-0.39, 0.29) is 17.2 Å². The Labute approximate surface area is 65.8 Å². The smallest absolute Gasteiger partial charge is 0.316 e. The zero-order valence-electron chi connectivity index (χ0n) is 5.20. The molecule has 2 nitrogen and oxygen atoms in total. The van der Waals surface area contributed by atoms with Gasteiger partial charge in [0.2, 0.25) is 0 Å². The molecule has 0 bridgehead atoms. The number of hydrogen-bond acceptors (Lipinski definition) is 4. The molecule has 0 aliphatic rings. The highest BCUT2D eigenvalue weighted by atomic mass is 32.1. The Bertz CT molecular complexity index is 95.0. The molecule has 0 amide bonds. The van der Waals surface area contributed by atoms with Crippen molar-refractivity contribution in [3.63, 3.8) is 0 Å². The van der Waals surface area contributed by atoms with Crippen LogP contribution in [0.1, 0.15) is 13.3 Å². The molecule has 0 aliphatic heterocycles. The highest BCUT2D eigenvalue weighted by Gasteiger charge is 2.04. The first-order valence-corrected chi connectivity index (χ1v) is 3.84. The van der Waals surface area contributed by atoms with Crippen molar-refractivity contribution in [1.82, 2.24) is 0 Å². The van der Waals surface area contributed by atoms with Crippen molar-refractivity contribution in [1.29, 1.82) is 0 Å². The van der Waals surface area contributed by atoms with Crippen molar-refractivity contribution in [3.8, 4) is 0 Å². The summed E-state index contributed by atoms with van der Waals surface area (Å²) in [4.78, 5) is 10.4. The number of ether oxygens (including phenoxy) is 1. The fourth-order valence-electron chi connectivity index (χ4n) is 0.272. The van der Waals surface area contributed by atoms with E-state index in [2.05, 4.69) is 25.3 Å². The molecule has 0 aromatic heterocycles. The largest absolute Gasteiger partial charge is 0.451 e. The number of rotatable bonds is 3. The summed E-state index contributed by atoms with van der Waals surface area (Å²) in [5, 5.41) is 0. The standard InChI is InChI=1S/C5H10O2S2/c1-2-5(9)7-4(6)3-8/h5,8-9H,2-3H2,1H3. The minimum Gasteiger partial charge on any atom is -0.451 e. The number of esters is 1. The van der Waals surface area contributed by atoms with Crippen molar-refractivity contribution < 1.29 is 9.53 Å². The molecule has 0 heterocycles. The van der Waals surface area contributed by atoms with E-state index in [1.807, 2.05) is 6.92 Å². The SMILES string of the molecule is CCC(S)OC(=O)CS. The zero-order chi connectivity index (χ0) is 7.28. The van der Waals surface area contributed by atoms with Gasteiger partial charge in [0, 0.05) is 0 Å². The predicted molar refractivity (Wildman–Crippen MR) is 43.0 cm³/mol. The van der Waals surface area contributed by atoms with Crippen LogP contribution in [-0.4, -0.2) is 17.2 Å². The third-order valence-corrected chi connectivity index (χ3v) is 1.47. The van der Waals surface area contributed by atoms with Crippen LogP contribution in [0.5, 0.6) is 0 Å². The molecule has 1 unspecified atom stereocenters. The number of thiol groups is 2. The molecule has 0 fully saturated rings. The average molecular weight is 166 g/mol. The third kappa shape index (κ3) is 4.66. The van der Waals surface area contributed by atoms with Crippen molar-refractivity contribution in [2.45, 2.75) is 18.8 Å². The van der Waals surface area contributed by atoms with E-state index in [0.717, 1.165) is 6.42 Å². The summed E-state index contributed by atoms with van der Waals surface area (Å²) >= 11 is 7.67. The number of carbonyl (C=O) groups excluding carboxylic acids is 1. The van der Waals surface area contributed by atoms with E-state index in [1.165, 1.54) is 0 Å². The third-order valence-electron chi connectivity index (χ3n) is 0.746. The lowest BCUT2D eigenvalue weighted by Crippen LogP contribution is -2.12. The molecule has 54 valence electrons. The normalized spacial score (nSPS) is 12.8. The van der Waals surface area contributed by atoms with Gasteiger partial charge < -0.3 is 4.74 Å². The lowest BCUT2D eigenvalue weighted by molar-refractivity contribution is -0.141. The van der Waals surface area contributed by atoms with Gasteiger partial charge >= 0.3 is 5.97 Å². The molecule has 0 saturated carbocycles. The Morgan fingerprint density at radius 1 is 1.78 bits per heavy atom. The summed E-state index contributed by atoms with van der Waals surface area (Å²) in [6, 6.07) is 0. The molecular weight excluding hydrogens is 156 g/mol. The van der Waals surface area contributed by atoms with Gasteiger partial charge in [0.1, 0.15) is 5.44 Å². The maximum absolute atomic E-state index is 10.4. The summed E-state index contributed by atoms with van der Waals surface area (Å²) in [5.74, 6) is -0.197. The molecule has 0 aromatic rings. The summed E-state index contributed by atoms with van der Waals surface area (Å²) < 4.78 is 4.70. The Morgan fingerprint density at radius 2 is 2.33 bits per heavy atom. The van der Waals surface area contributed by atoms with E-state index in [1.54, 1.807) is 0 Å². The molecule has 9 heavy (non-hydrogen) atoms. The fraction of sp³-hybridized carbons (Fsp3) is 0.800. The second-order valence-corrected chi connectivity index (χ2v) is 2.40. The van der Waals surface area contributed by atoms with Gasteiger partial charge in [0.15, 0.2) is 0 Å². The first-order chi connectivity index (χ1) is 4.20. The molecule has 0 radical (unpaired) electrons. The Morgan fingerprint density at radius 3 is 2.67 bits per heavy atom. The van der Waals surface area contributed by atoms with Gasteiger partial charge in [-0.25, -0.2) is 0 Å². The second-order valence-electron chi connectivity index (χ2n) is 1.51. The topological polar surface area (TPSA) is 26.3 Å². The average Bonchev–Trinajstić information content (AvgIpc) is 1.87. The van der Waals surface area contributed by atoms with Crippen molar-refractivity contribution in [2.75, 3.05) is 5.75 Å². The first-order valence-electron chi connectivity index (χ1n) is 2.69. The quantitative estimate of drug-likeness (QED) is 0.373. The highest BCUT2D eigenvalue weighted by molar-refractivity contribution is 7.81. The fourth-order valence-corrected chi connectivity index (χ4v) is 0.464. The molecule has 1 atom stereocenters. The minimum atomic E-state index is -0.319. The maximum Gasteiger partial charge on any atom is 0.316 e. The van der Waals surface area contributed by atoms with Gasteiger partial charge in [-0.1, -0.05) is 6.92 Å². The van der Waals surface area contributed by atoms with Crippen LogP contribution < -0.4 is 0 Å². The summed E-state index contributed by atoms with van der Waals surface area (Å²) in [5.41, 5.74) is -0.273. The lowest BCUT2D eigenvalue weighted by Gasteiger charge is -2.07. The molecular formula is C5H10O2S2. The van der Waals surface area contributed by atoms with Crippen LogP contribution >= 0.6 is 25.3 Å². The zero-order valence-corrected chi connectivity index (χ0v) is 6.99. The Kier molecular flexibility index (Phi) is 5.09. The van der Waals surface area contributed by atoms with Gasteiger partial charge in [0.05, 0.1) is 5.75 Å². The maximum atomic E-state index is 10.4. The molecule has 4 heteroatoms. The first kappa shape index (κ1) is 9.17. The predicted octanol–water partition coefficient (Wildman–Crippen LogP) is 1.13. The van der Waals surface area contributed by atoms with E-state index in [9.17, 15) is 4.79 Å². The monoisotopic (exact) mass is 166 g/mol. The van der Waals surface area contributed by atoms with Crippen LogP contribution in [0.3, 0.4) is 0 Å². The summed E-state index contributed by atoms with van der Waals surface area (Å²) in [6.45, 7) is 1.89. The van der Waals surface area contributed by atoms with Crippen LogP contribution in [-0.2, 0) is 9.53 Å². The molecule has 0 aliphatic carbocycles. The highest BCUT2D eigenvalue weighted by Crippen LogP contribution is 2.02. The number of carbonyl (C=O) groups is 1. The molecule has 0 saturated heterocycles. The molecule has 0 N–H and O–H groups in total. The Balaban J connectivity index is 3.34. The number of hydrogen-bond donors (Lipinski definition) is 2. The van der Waals surface area contributed by atoms with E-state index >= 15 is 0 Å². The van der Waals surface area contributed by atoms with Crippen LogP contribution in [0.25, 0.3) is 0 Å². The van der Waals surface area contributed by atoms with Crippen LogP contribution in [0.15, 0.2) is 0 Å². The van der Waals surface area contributed by atoms with Crippen LogP contribution in [0, 0.1) is 0 Å². The van der Waals surface area contributed by atoms with Gasteiger partial charge in [0.25, 0.3) is 0 Å². The van der Waals surface area contributed by atoms with Gasteiger partial charge in [-0.2, -0.15) is 12.6 Å². The lowest BCUT2D eigenvalue weighted by atomic mass is 10.5. The van der Waals surface area contributed by atoms with Gasteiger partial charge in [-0.3, -0.25) is 4.79 Å². The van der Waals surface area contributed by atoms with E-state index < -0.39 is 0 Å². The van der Waals surface area contributed by atoms with Gasteiger partial charge in [-0.15, -0.1) is 12.6 Å². The minimum absolute atomic E-state index is 0.122. The molecule has 0 rings (SSSR count).